The van der Waals surface area contributed by atoms with Crippen LogP contribution in [0.4, 0.5) is 9.59 Å². The molecule has 0 aromatic heterocycles. The van der Waals surface area contributed by atoms with Crippen LogP contribution in [0.25, 0.3) is 0 Å². The van der Waals surface area contributed by atoms with E-state index in [0.717, 1.165) is 12.8 Å². The average Bonchev–Trinajstić information content (AvgIpc) is 2.21. The predicted octanol–water partition coefficient (Wildman–Crippen LogP) is 1.18. The Morgan fingerprint density at radius 1 is 0.889 bits per heavy atom. The number of hydrogen-bond acceptors (Lipinski definition) is 2. The van der Waals surface area contributed by atoms with Crippen LogP contribution in [-0.2, 0) is 0 Å². The van der Waals surface area contributed by atoms with Crippen molar-refractivity contribution in [2.24, 2.45) is 0 Å². The molecule has 0 saturated carbocycles. The van der Waals surface area contributed by atoms with E-state index in [-0.39, 0.29) is 17.6 Å². The molecule has 0 saturated heterocycles. The van der Waals surface area contributed by atoms with Crippen LogP contribution < -0.4 is 21.3 Å². The molecule has 6 nitrogen and oxygen atoms in total. The van der Waals surface area contributed by atoms with Crippen molar-refractivity contribution in [3.8, 4) is 0 Å². The maximum Gasteiger partial charge on any atom is 0.315 e. The summed E-state index contributed by atoms with van der Waals surface area (Å²) < 4.78 is 0. The fourth-order valence-electron chi connectivity index (χ4n) is 1.26. The van der Waals surface area contributed by atoms with Crippen molar-refractivity contribution in [1.82, 2.24) is 21.3 Å². The number of urea groups is 2. The molecule has 0 unspecified atom stereocenters. The second kappa shape index (κ2) is 8.60. The highest BCUT2D eigenvalue weighted by Gasteiger charge is 2.12. The summed E-state index contributed by atoms with van der Waals surface area (Å²) in [6.07, 6.45) is 1.68. The SMILES string of the molecule is CCNC(=O)NCCCCNC(=O)NC(C)(C)C. The molecule has 0 fully saturated rings. The first kappa shape index (κ1) is 16.5. The Labute approximate surface area is 109 Å². The van der Waals surface area contributed by atoms with E-state index in [1.807, 2.05) is 27.7 Å². The molecule has 4 amide bonds. The summed E-state index contributed by atoms with van der Waals surface area (Å²) >= 11 is 0. The van der Waals surface area contributed by atoms with Gasteiger partial charge in [0.15, 0.2) is 0 Å². The zero-order chi connectivity index (χ0) is 14.0. The largest absolute Gasteiger partial charge is 0.338 e. The lowest BCUT2D eigenvalue weighted by Crippen LogP contribution is -2.46. The molecule has 0 heterocycles. The average molecular weight is 258 g/mol. The van der Waals surface area contributed by atoms with Gasteiger partial charge in [0.25, 0.3) is 0 Å². The van der Waals surface area contributed by atoms with Crippen molar-refractivity contribution in [1.29, 1.82) is 0 Å². The molecule has 0 radical (unpaired) electrons. The third kappa shape index (κ3) is 11.0. The van der Waals surface area contributed by atoms with E-state index >= 15 is 0 Å². The van der Waals surface area contributed by atoms with E-state index in [2.05, 4.69) is 21.3 Å². The molecule has 0 rings (SSSR count). The molecule has 0 aliphatic heterocycles. The van der Waals surface area contributed by atoms with Crippen LogP contribution in [0, 0.1) is 0 Å². The van der Waals surface area contributed by atoms with Gasteiger partial charge >= 0.3 is 12.1 Å². The summed E-state index contributed by atoms with van der Waals surface area (Å²) in [6.45, 7) is 9.53. The van der Waals surface area contributed by atoms with Crippen molar-refractivity contribution in [2.75, 3.05) is 19.6 Å². The minimum atomic E-state index is -0.218. The predicted molar refractivity (Wildman–Crippen MR) is 72.6 cm³/mol. The Kier molecular flexibility index (Phi) is 7.91. The third-order valence-electron chi connectivity index (χ3n) is 2.00. The van der Waals surface area contributed by atoms with Crippen LogP contribution in [-0.4, -0.2) is 37.2 Å². The molecule has 0 bridgehead atoms. The number of rotatable bonds is 6. The van der Waals surface area contributed by atoms with Crippen LogP contribution in [0.5, 0.6) is 0 Å². The van der Waals surface area contributed by atoms with E-state index in [1.54, 1.807) is 0 Å². The number of unbranched alkanes of at least 4 members (excludes halogenated alkanes) is 1. The lowest BCUT2D eigenvalue weighted by molar-refractivity contribution is 0.231. The highest BCUT2D eigenvalue weighted by Crippen LogP contribution is 1.97. The number of hydrogen-bond donors (Lipinski definition) is 4. The topological polar surface area (TPSA) is 82.3 Å². The summed E-state index contributed by atoms with van der Waals surface area (Å²) in [5.74, 6) is 0. The van der Waals surface area contributed by atoms with E-state index in [9.17, 15) is 9.59 Å². The van der Waals surface area contributed by atoms with Gasteiger partial charge in [0.2, 0.25) is 0 Å². The Bertz CT molecular complexity index is 261. The van der Waals surface area contributed by atoms with Crippen molar-refractivity contribution >= 4 is 12.1 Å². The maximum atomic E-state index is 11.4. The molecule has 4 N–H and O–H groups in total. The highest BCUT2D eigenvalue weighted by molar-refractivity contribution is 5.74. The standard InChI is InChI=1S/C12H26N4O2/c1-5-13-10(17)14-8-6-7-9-15-11(18)16-12(2,3)4/h5-9H2,1-4H3,(H2,13,14,17)(H2,15,16,18). The smallest absolute Gasteiger partial charge is 0.315 e. The minimum Gasteiger partial charge on any atom is -0.338 e. The number of carbonyl (C=O) groups excluding carboxylic acids is 2. The zero-order valence-electron chi connectivity index (χ0n) is 11.9. The van der Waals surface area contributed by atoms with Gasteiger partial charge in [-0.1, -0.05) is 0 Å². The maximum absolute atomic E-state index is 11.4. The first-order chi connectivity index (χ1) is 8.35. The van der Waals surface area contributed by atoms with Crippen molar-refractivity contribution in [3.63, 3.8) is 0 Å². The molecule has 0 atom stereocenters. The quantitative estimate of drug-likeness (QED) is 0.540. The number of carbonyl (C=O) groups is 2. The summed E-state index contributed by atoms with van der Waals surface area (Å²) in [7, 11) is 0. The van der Waals surface area contributed by atoms with Crippen LogP contribution in [0.1, 0.15) is 40.5 Å². The van der Waals surface area contributed by atoms with E-state index in [4.69, 9.17) is 0 Å². The lowest BCUT2D eigenvalue weighted by atomic mass is 10.1. The van der Waals surface area contributed by atoms with Gasteiger partial charge in [-0.05, 0) is 40.5 Å². The zero-order valence-corrected chi connectivity index (χ0v) is 11.9. The normalized spacial score (nSPS) is 10.7. The number of amides is 4. The van der Waals surface area contributed by atoms with Crippen LogP contribution >= 0.6 is 0 Å². The Balaban J connectivity index is 3.41. The van der Waals surface area contributed by atoms with E-state index in [1.165, 1.54) is 0 Å². The lowest BCUT2D eigenvalue weighted by Gasteiger charge is -2.20. The highest BCUT2D eigenvalue weighted by atomic mass is 16.2. The Hall–Kier alpha value is -1.46. The summed E-state index contributed by atoms with van der Waals surface area (Å²) in [5, 5.41) is 11.0. The van der Waals surface area contributed by atoms with Gasteiger partial charge < -0.3 is 21.3 Å². The van der Waals surface area contributed by atoms with E-state index < -0.39 is 0 Å². The monoisotopic (exact) mass is 258 g/mol. The van der Waals surface area contributed by atoms with Crippen molar-refractivity contribution in [3.05, 3.63) is 0 Å². The molecule has 0 aromatic carbocycles. The molecule has 106 valence electrons. The molecule has 0 aromatic rings. The molecule has 0 spiro atoms. The van der Waals surface area contributed by atoms with Crippen molar-refractivity contribution < 1.29 is 9.59 Å². The van der Waals surface area contributed by atoms with Gasteiger partial charge in [-0.25, -0.2) is 9.59 Å². The molecular weight excluding hydrogens is 232 g/mol. The van der Waals surface area contributed by atoms with E-state index in [0.29, 0.717) is 19.6 Å². The fraction of sp³-hybridized carbons (Fsp3) is 0.833. The Morgan fingerprint density at radius 2 is 1.39 bits per heavy atom. The molecule has 0 aliphatic carbocycles. The van der Waals surface area contributed by atoms with Gasteiger partial charge in [0, 0.05) is 25.2 Å². The molecule has 18 heavy (non-hydrogen) atoms. The van der Waals surface area contributed by atoms with Gasteiger partial charge in [-0.15, -0.1) is 0 Å². The summed E-state index contributed by atoms with van der Waals surface area (Å²) in [6, 6.07) is -0.296. The van der Waals surface area contributed by atoms with Gasteiger partial charge in [-0.2, -0.15) is 0 Å². The summed E-state index contributed by atoms with van der Waals surface area (Å²) in [5.41, 5.74) is -0.218. The number of nitrogens with one attached hydrogen (secondary N) is 4. The Morgan fingerprint density at radius 3 is 1.83 bits per heavy atom. The fourth-order valence-corrected chi connectivity index (χ4v) is 1.26. The second-order valence-electron chi connectivity index (χ2n) is 5.12. The van der Waals surface area contributed by atoms with Crippen molar-refractivity contribution in [2.45, 2.75) is 46.1 Å². The van der Waals surface area contributed by atoms with Gasteiger partial charge in [-0.3, -0.25) is 0 Å². The second-order valence-corrected chi connectivity index (χ2v) is 5.12. The first-order valence-electron chi connectivity index (χ1n) is 6.43. The first-order valence-corrected chi connectivity index (χ1v) is 6.43. The summed E-state index contributed by atoms with van der Waals surface area (Å²) in [4.78, 5) is 22.4. The van der Waals surface area contributed by atoms with Gasteiger partial charge in [0.05, 0.1) is 0 Å². The van der Waals surface area contributed by atoms with Crippen LogP contribution in [0.2, 0.25) is 0 Å². The van der Waals surface area contributed by atoms with Gasteiger partial charge in [0.1, 0.15) is 0 Å². The third-order valence-corrected chi connectivity index (χ3v) is 2.00. The molecule has 0 aliphatic rings. The molecular formula is C12H26N4O2. The van der Waals surface area contributed by atoms with Crippen LogP contribution in [0.3, 0.4) is 0 Å². The molecule has 6 heteroatoms. The minimum absolute atomic E-state index is 0.143. The van der Waals surface area contributed by atoms with Crippen LogP contribution in [0.15, 0.2) is 0 Å².